The zero-order chi connectivity index (χ0) is 14.9. The van der Waals surface area contributed by atoms with Crippen molar-refractivity contribution in [1.29, 1.82) is 0 Å². The Hall–Kier alpha value is -0.980. The Labute approximate surface area is 135 Å². The highest BCUT2D eigenvalue weighted by molar-refractivity contribution is 9.10. The van der Waals surface area contributed by atoms with Crippen molar-refractivity contribution in [2.45, 2.75) is 0 Å². The second kappa shape index (κ2) is 6.20. The lowest BCUT2D eigenvalue weighted by Crippen LogP contribution is -2.16. The summed E-state index contributed by atoms with van der Waals surface area (Å²) >= 11 is 12.1. The first-order chi connectivity index (χ1) is 9.38. The van der Waals surface area contributed by atoms with E-state index >= 15 is 0 Å². The van der Waals surface area contributed by atoms with E-state index in [1.807, 2.05) is 0 Å². The number of nitrogens with one attached hydrogen (secondary N) is 1. The first-order valence-electron chi connectivity index (χ1n) is 5.29. The van der Waals surface area contributed by atoms with Crippen LogP contribution in [0.3, 0.4) is 0 Å². The molecule has 2 nitrogen and oxygen atoms in total. The summed E-state index contributed by atoms with van der Waals surface area (Å²) in [6, 6.07) is 6.80. The van der Waals surface area contributed by atoms with Gasteiger partial charge >= 0.3 is 0 Å². The minimum atomic E-state index is -0.958. The quantitative estimate of drug-likeness (QED) is 0.686. The Morgan fingerprint density at radius 1 is 1.05 bits per heavy atom. The fourth-order valence-electron chi connectivity index (χ4n) is 1.54. The standard InChI is InChI=1S/C13H6Br2ClF2NO/c14-6-1-2-8(16)11(5-6)19-13(20)12-9(17)3-7(15)4-10(12)18/h1-5H,(H,19,20). The monoisotopic (exact) mass is 423 g/mol. The lowest BCUT2D eigenvalue weighted by molar-refractivity contribution is 0.101. The summed E-state index contributed by atoms with van der Waals surface area (Å²) < 4.78 is 28.2. The number of amides is 1. The molecule has 0 aliphatic rings. The van der Waals surface area contributed by atoms with Crippen LogP contribution in [-0.4, -0.2) is 5.91 Å². The molecule has 2 aromatic rings. The van der Waals surface area contributed by atoms with Crippen molar-refractivity contribution in [2.24, 2.45) is 0 Å². The highest BCUT2D eigenvalue weighted by atomic mass is 79.9. The summed E-state index contributed by atoms with van der Waals surface area (Å²) in [5, 5.41) is 2.64. The minimum Gasteiger partial charge on any atom is -0.320 e. The molecule has 20 heavy (non-hydrogen) atoms. The van der Waals surface area contributed by atoms with Gasteiger partial charge in [-0.15, -0.1) is 0 Å². The van der Waals surface area contributed by atoms with Crippen LogP contribution in [0.25, 0.3) is 0 Å². The molecule has 0 spiro atoms. The van der Waals surface area contributed by atoms with Gasteiger partial charge in [-0.1, -0.05) is 43.5 Å². The first kappa shape index (κ1) is 15.4. The summed E-state index contributed by atoms with van der Waals surface area (Å²) in [6.45, 7) is 0. The van der Waals surface area contributed by atoms with E-state index in [0.717, 1.165) is 12.1 Å². The van der Waals surface area contributed by atoms with E-state index in [9.17, 15) is 13.6 Å². The first-order valence-corrected chi connectivity index (χ1v) is 7.26. The third-order valence-corrected chi connectivity index (χ3v) is 3.69. The number of hydrogen-bond acceptors (Lipinski definition) is 1. The number of benzene rings is 2. The lowest BCUT2D eigenvalue weighted by atomic mass is 10.2. The zero-order valence-corrected chi connectivity index (χ0v) is 13.6. The SMILES string of the molecule is O=C(Nc1cc(Br)ccc1Cl)c1c(F)cc(Br)cc1F. The zero-order valence-electron chi connectivity index (χ0n) is 9.68. The summed E-state index contributed by atoms with van der Waals surface area (Å²) in [4.78, 5) is 12.0. The van der Waals surface area contributed by atoms with Crippen LogP contribution in [-0.2, 0) is 0 Å². The molecule has 0 heterocycles. The fourth-order valence-corrected chi connectivity index (χ4v) is 2.47. The third kappa shape index (κ3) is 3.37. The number of anilines is 1. The maximum Gasteiger partial charge on any atom is 0.261 e. The summed E-state index contributed by atoms with van der Waals surface area (Å²) in [7, 11) is 0. The normalized spacial score (nSPS) is 10.4. The molecule has 0 atom stereocenters. The summed E-state index contributed by atoms with van der Waals surface area (Å²) in [5.74, 6) is -2.83. The summed E-state index contributed by atoms with van der Waals surface area (Å²) in [6.07, 6.45) is 0. The van der Waals surface area contributed by atoms with Crippen molar-refractivity contribution in [3.8, 4) is 0 Å². The molecule has 0 saturated carbocycles. The van der Waals surface area contributed by atoms with Crippen LogP contribution >= 0.6 is 43.5 Å². The molecular weight excluding hydrogens is 419 g/mol. The Morgan fingerprint density at radius 3 is 2.25 bits per heavy atom. The van der Waals surface area contributed by atoms with E-state index in [2.05, 4.69) is 37.2 Å². The van der Waals surface area contributed by atoms with Crippen molar-refractivity contribution in [2.75, 3.05) is 5.32 Å². The number of halogens is 5. The molecular formula is C13H6Br2ClF2NO. The molecule has 0 radical (unpaired) electrons. The van der Waals surface area contributed by atoms with Crippen LogP contribution in [0.15, 0.2) is 39.3 Å². The van der Waals surface area contributed by atoms with Gasteiger partial charge in [0.25, 0.3) is 5.91 Å². The molecule has 0 aromatic heterocycles. The Bertz CT molecular complexity index is 671. The molecule has 0 unspecified atom stereocenters. The van der Waals surface area contributed by atoms with Crippen LogP contribution < -0.4 is 5.32 Å². The van der Waals surface area contributed by atoms with Gasteiger partial charge in [-0.3, -0.25) is 4.79 Å². The Morgan fingerprint density at radius 2 is 1.65 bits per heavy atom. The van der Waals surface area contributed by atoms with Crippen LogP contribution in [0.4, 0.5) is 14.5 Å². The van der Waals surface area contributed by atoms with Crippen molar-refractivity contribution in [1.82, 2.24) is 0 Å². The van der Waals surface area contributed by atoms with E-state index < -0.39 is 23.1 Å². The predicted octanol–water partition coefficient (Wildman–Crippen LogP) is 5.40. The van der Waals surface area contributed by atoms with Gasteiger partial charge in [0.05, 0.1) is 10.7 Å². The molecule has 0 bridgehead atoms. The number of carbonyl (C=O) groups excluding carboxylic acids is 1. The van der Waals surface area contributed by atoms with Crippen molar-refractivity contribution in [3.05, 3.63) is 61.5 Å². The lowest BCUT2D eigenvalue weighted by Gasteiger charge is -2.09. The highest BCUT2D eigenvalue weighted by Crippen LogP contribution is 2.27. The molecule has 1 N–H and O–H groups in total. The van der Waals surface area contributed by atoms with Crippen LogP contribution in [0.5, 0.6) is 0 Å². The average Bonchev–Trinajstić information content (AvgIpc) is 2.32. The molecule has 1 amide bonds. The molecule has 0 aliphatic heterocycles. The van der Waals surface area contributed by atoms with Gasteiger partial charge in [0.15, 0.2) is 0 Å². The van der Waals surface area contributed by atoms with Crippen LogP contribution in [0.2, 0.25) is 5.02 Å². The van der Waals surface area contributed by atoms with E-state index in [4.69, 9.17) is 11.6 Å². The van der Waals surface area contributed by atoms with Gasteiger partial charge in [-0.05, 0) is 30.3 Å². The van der Waals surface area contributed by atoms with Gasteiger partial charge < -0.3 is 5.32 Å². The van der Waals surface area contributed by atoms with Gasteiger partial charge in [-0.2, -0.15) is 0 Å². The molecule has 0 aliphatic carbocycles. The minimum absolute atomic E-state index is 0.213. The number of rotatable bonds is 2. The molecule has 0 saturated heterocycles. The average molecular weight is 425 g/mol. The van der Waals surface area contributed by atoms with Crippen molar-refractivity contribution in [3.63, 3.8) is 0 Å². The number of hydrogen-bond donors (Lipinski definition) is 1. The van der Waals surface area contributed by atoms with E-state index in [1.54, 1.807) is 12.1 Å². The van der Waals surface area contributed by atoms with E-state index in [1.165, 1.54) is 6.07 Å². The smallest absolute Gasteiger partial charge is 0.261 e. The third-order valence-electron chi connectivity index (χ3n) is 2.41. The number of carbonyl (C=O) groups is 1. The molecule has 2 aromatic carbocycles. The highest BCUT2D eigenvalue weighted by Gasteiger charge is 2.19. The molecule has 0 fully saturated rings. The van der Waals surface area contributed by atoms with Crippen LogP contribution in [0.1, 0.15) is 10.4 Å². The van der Waals surface area contributed by atoms with Gasteiger partial charge in [0, 0.05) is 8.95 Å². The second-order valence-electron chi connectivity index (χ2n) is 3.82. The largest absolute Gasteiger partial charge is 0.320 e. The van der Waals surface area contributed by atoms with Gasteiger partial charge in [-0.25, -0.2) is 8.78 Å². The van der Waals surface area contributed by atoms with Crippen molar-refractivity contribution >= 4 is 55.1 Å². The maximum absolute atomic E-state index is 13.7. The fraction of sp³-hybridized carbons (Fsp3) is 0. The maximum atomic E-state index is 13.7. The topological polar surface area (TPSA) is 29.1 Å². The second-order valence-corrected chi connectivity index (χ2v) is 6.06. The van der Waals surface area contributed by atoms with Gasteiger partial charge in [0.1, 0.15) is 17.2 Å². The Balaban J connectivity index is 2.36. The predicted molar refractivity (Wildman–Crippen MR) is 81.2 cm³/mol. The van der Waals surface area contributed by atoms with Crippen molar-refractivity contribution < 1.29 is 13.6 Å². The van der Waals surface area contributed by atoms with Crippen LogP contribution in [0, 0.1) is 11.6 Å². The van der Waals surface area contributed by atoms with E-state index in [0.29, 0.717) is 4.47 Å². The molecule has 104 valence electrons. The molecule has 7 heteroatoms. The Kier molecular flexibility index (Phi) is 4.78. The van der Waals surface area contributed by atoms with E-state index in [-0.39, 0.29) is 15.2 Å². The summed E-state index contributed by atoms with van der Waals surface area (Å²) in [5.41, 5.74) is -0.406. The van der Waals surface area contributed by atoms with Gasteiger partial charge in [0.2, 0.25) is 0 Å². The molecule has 2 rings (SSSR count).